The molecule has 5 nitrogen and oxygen atoms in total. The van der Waals surface area contributed by atoms with E-state index in [1.54, 1.807) is 0 Å². The molecule has 0 aliphatic heterocycles. The van der Waals surface area contributed by atoms with Gasteiger partial charge in [0.2, 0.25) is 0 Å². The van der Waals surface area contributed by atoms with Crippen LogP contribution in [0.3, 0.4) is 0 Å². The van der Waals surface area contributed by atoms with E-state index in [2.05, 4.69) is 6.58 Å². The molecule has 82 valence electrons. The zero-order chi connectivity index (χ0) is 12.1. The Morgan fingerprint density at radius 1 is 1.50 bits per heavy atom. The lowest BCUT2D eigenvalue weighted by Gasteiger charge is -2.12. The summed E-state index contributed by atoms with van der Waals surface area (Å²) in [5.41, 5.74) is 0.403. The second-order valence-corrected chi connectivity index (χ2v) is 3.18. The van der Waals surface area contributed by atoms with Gasteiger partial charge in [-0.05, 0) is 17.7 Å². The van der Waals surface area contributed by atoms with E-state index in [0.717, 1.165) is 0 Å². The topological polar surface area (TPSA) is 87.2 Å². The third kappa shape index (κ3) is 2.43. The van der Waals surface area contributed by atoms with Crippen molar-refractivity contribution in [2.45, 2.75) is 6.10 Å². The molecule has 0 saturated heterocycles. The summed E-state index contributed by atoms with van der Waals surface area (Å²) in [5, 5.41) is 28.9. The molecule has 0 spiro atoms. The highest BCUT2D eigenvalue weighted by Crippen LogP contribution is 2.24. The van der Waals surface area contributed by atoms with Gasteiger partial charge < -0.3 is 5.11 Å². The van der Waals surface area contributed by atoms with Gasteiger partial charge in [-0.1, -0.05) is 6.08 Å². The van der Waals surface area contributed by atoms with Crippen LogP contribution in [0.5, 0.6) is 0 Å². The molecule has 0 bridgehead atoms. The molecule has 2 unspecified atom stereocenters. The third-order valence-corrected chi connectivity index (χ3v) is 2.19. The molecule has 0 aliphatic rings. The molecular weight excluding hydrogens is 208 g/mol. The number of nitriles is 1. The lowest BCUT2D eigenvalue weighted by atomic mass is 9.97. The highest BCUT2D eigenvalue weighted by atomic mass is 16.6. The smallest absolute Gasteiger partial charge is 0.269 e. The number of aliphatic hydroxyl groups is 1. The molecule has 0 aromatic heterocycles. The maximum atomic E-state index is 10.4. The number of benzene rings is 1. The van der Waals surface area contributed by atoms with Crippen molar-refractivity contribution in [3.63, 3.8) is 0 Å². The van der Waals surface area contributed by atoms with Crippen LogP contribution in [0, 0.1) is 27.4 Å². The van der Waals surface area contributed by atoms with Gasteiger partial charge in [-0.2, -0.15) is 5.26 Å². The van der Waals surface area contributed by atoms with Gasteiger partial charge >= 0.3 is 0 Å². The molecule has 2 atom stereocenters. The van der Waals surface area contributed by atoms with Gasteiger partial charge in [0.05, 0.1) is 23.0 Å². The Labute approximate surface area is 92.4 Å². The Hall–Kier alpha value is -2.19. The lowest BCUT2D eigenvalue weighted by molar-refractivity contribution is -0.384. The molecule has 16 heavy (non-hydrogen) atoms. The molecule has 0 amide bonds. The van der Waals surface area contributed by atoms with Crippen LogP contribution in [-0.4, -0.2) is 10.0 Å². The van der Waals surface area contributed by atoms with E-state index in [1.165, 1.54) is 30.3 Å². The Morgan fingerprint density at radius 2 is 2.06 bits per heavy atom. The fraction of sp³-hybridized carbons (Fsp3) is 0.182. The molecule has 0 aliphatic carbocycles. The van der Waals surface area contributed by atoms with Crippen LogP contribution in [0.25, 0.3) is 0 Å². The normalized spacial score (nSPS) is 13.5. The fourth-order valence-electron chi connectivity index (χ4n) is 1.25. The predicted octanol–water partition coefficient (Wildman–Crippen LogP) is 1.95. The summed E-state index contributed by atoms with van der Waals surface area (Å²) in [6, 6.07) is 7.32. The van der Waals surface area contributed by atoms with E-state index in [-0.39, 0.29) is 5.69 Å². The van der Waals surface area contributed by atoms with Gasteiger partial charge in [-0.3, -0.25) is 10.1 Å². The number of nitro groups is 1. The summed E-state index contributed by atoms with van der Waals surface area (Å²) in [7, 11) is 0. The largest absolute Gasteiger partial charge is 0.387 e. The first-order chi connectivity index (χ1) is 7.60. The van der Waals surface area contributed by atoms with E-state index in [4.69, 9.17) is 5.26 Å². The quantitative estimate of drug-likeness (QED) is 0.475. The molecule has 0 saturated carbocycles. The van der Waals surface area contributed by atoms with Gasteiger partial charge in [0.15, 0.2) is 0 Å². The summed E-state index contributed by atoms with van der Waals surface area (Å²) < 4.78 is 0. The summed E-state index contributed by atoms with van der Waals surface area (Å²) >= 11 is 0. The molecule has 1 aromatic rings. The Kier molecular flexibility index (Phi) is 3.75. The zero-order valence-electron chi connectivity index (χ0n) is 8.41. The first-order valence-corrected chi connectivity index (χ1v) is 4.54. The number of nitro benzene ring substituents is 1. The van der Waals surface area contributed by atoms with Crippen molar-refractivity contribution < 1.29 is 10.0 Å². The monoisotopic (exact) mass is 218 g/mol. The molecule has 5 heteroatoms. The number of hydrogen-bond donors (Lipinski definition) is 1. The van der Waals surface area contributed by atoms with Crippen LogP contribution >= 0.6 is 0 Å². The summed E-state index contributed by atoms with van der Waals surface area (Å²) in [4.78, 5) is 9.88. The second-order valence-electron chi connectivity index (χ2n) is 3.18. The van der Waals surface area contributed by atoms with Crippen LogP contribution in [0.1, 0.15) is 11.7 Å². The molecule has 1 aromatic carbocycles. The molecule has 1 N–H and O–H groups in total. The molecule has 0 fully saturated rings. The number of nitrogens with zero attached hydrogens (tertiary/aromatic N) is 2. The van der Waals surface area contributed by atoms with E-state index < -0.39 is 16.9 Å². The Bertz CT molecular complexity index is 434. The van der Waals surface area contributed by atoms with Crippen molar-refractivity contribution in [2.75, 3.05) is 0 Å². The summed E-state index contributed by atoms with van der Waals surface area (Å²) in [6.45, 7) is 3.43. The SMILES string of the molecule is C=CC(C#N)C(O)c1ccc([N+](=O)[O-])cc1. The third-order valence-electron chi connectivity index (χ3n) is 2.19. The minimum absolute atomic E-state index is 0.0527. The van der Waals surface area contributed by atoms with Crippen LogP contribution in [0.2, 0.25) is 0 Å². The van der Waals surface area contributed by atoms with Crippen molar-refractivity contribution in [2.24, 2.45) is 5.92 Å². The van der Waals surface area contributed by atoms with Gasteiger partial charge in [0, 0.05) is 12.1 Å². The number of rotatable bonds is 4. The maximum absolute atomic E-state index is 10.4. The van der Waals surface area contributed by atoms with Crippen LogP contribution in [0.4, 0.5) is 5.69 Å². The van der Waals surface area contributed by atoms with E-state index in [1.807, 2.05) is 6.07 Å². The number of hydrogen-bond acceptors (Lipinski definition) is 4. The van der Waals surface area contributed by atoms with Crippen molar-refractivity contribution in [1.29, 1.82) is 5.26 Å². The van der Waals surface area contributed by atoms with Gasteiger partial charge in [-0.15, -0.1) is 6.58 Å². The first kappa shape index (κ1) is 11.9. The predicted molar refractivity (Wildman–Crippen MR) is 57.4 cm³/mol. The summed E-state index contributed by atoms with van der Waals surface area (Å²) in [6.07, 6.45) is 0.329. The Morgan fingerprint density at radius 3 is 2.44 bits per heavy atom. The highest BCUT2D eigenvalue weighted by Gasteiger charge is 2.18. The standard InChI is InChI=1S/C11H10N2O3/c1-2-8(7-12)11(14)9-3-5-10(6-4-9)13(15)16/h2-6,8,11,14H,1H2. The Balaban J connectivity index is 2.94. The van der Waals surface area contributed by atoms with Crippen LogP contribution < -0.4 is 0 Å². The first-order valence-electron chi connectivity index (χ1n) is 4.54. The highest BCUT2D eigenvalue weighted by molar-refractivity contribution is 5.34. The van der Waals surface area contributed by atoms with Gasteiger partial charge in [0.1, 0.15) is 0 Å². The van der Waals surface area contributed by atoms with Crippen LogP contribution in [0.15, 0.2) is 36.9 Å². The van der Waals surface area contributed by atoms with E-state index >= 15 is 0 Å². The van der Waals surface area contributed by atoms with Gasteiger partial charge in [0.25, 0.3) is 5.69 Å². The maximum Gasteiger partial charge on any atom is 0.269 e. The summed E-state index contributed by atoms with van der Waals surface area (Å²) in [5.74, 6) is -0.721. The average Bonchev–Trinajstić information content (AvgIpc) is 2.30. The van der Waals surface area contributed by atoms with Crippen molar-refractivity contribution in [3.05, 3.63) is 52.6 Å². The zero-order valence-corrected chi connectivity index (χ0v) is 8.41. The van der Waals surface area contributed by atoms with Crippen molar-refractivity contribution in [1.82, 2.24) is 0 Å². The fourth-order valence-corrected chi connectivity index (χ4v) is 1.25. The minimum Gasteiger partial charge on any atom is -0.387 e. The molecular formula is C11H10N2O3. The average molecular weight is 218 g/mol. The van der Waals surface area contributed by atoms with Crippen molar-refractivity contribution >= 4 is 5.69 Å². The molecule has 0 heterocycles. The van der Waals surface area contributed by atoms with Gasteiger partial charge in [-0.25, -0.2) is 0 Å². The van der Waals surface area contributed by atoms with E-state index in [9.17, 15) is 15.2 Å². The molecule has 1 rings (SSSR count). The number of aliphatic hydroxyl groups excluding tert-OH is 1. The number of non-ortho nitro benzene ring substituents is 1. The second kappa shape index (κ2) is 5.05. The lowest BCUT2D eigenvalue weighted by Crippen LogP contribution is -2.07. The molecule has 0 radical (unpaired) electrons. The minimum atomic E-state index is -1.01. The van der Waals surface area contributed by atoms with Crippen molar-refractivity contribution in [3.8, 4) is 6.07 Å². The van der Waals surface area contributed by atoms with E-state index in [0.29, 0.717) is 5.56 Å². The van der Waals surface area contributed by atoms with Crippen LogP contribution in [-0.2, 0) is 0 Å².